The van der Waals surface area contributed by atoms with Gasteiger partial charge in [-0.25, -0.2) is 0 Å². The average Bonchev–Trinajstić information content (AvgIpc) is 2.56. The van der Waals surface area contributed by atoms with Gasteiger partial charge in [0.25, 0.3) is 0 Å². The van der Waals surface area contributed by atoms with E-state index in [4.69, 9.17) is 24.7 Å². The molecule has 122 valence electrons. The van der Waals surface area contributed by atoms with Crippen molar-refractivity contribution in [2.24, 2.45) is 5.73 Å². The lowest BCUT2D eigenvalue weighted by Crippen LogP contribution is -2.05. The second-order valence-electron chi connectivity index (χ2n) is 4.69. The first-order valence-electron chi connectivity index (χ1n) is 6.84. The van der Waals surface area contributed by atoms with Crippen molar-refractivity contribution in [1.82, 2.24) is 0 Å². The van der Waals surface area contributed by atoms with Gasteiger partial charge in [-0.15, -0.1) is 0 Å². The van der Waals surface area contributed by atoms with Crippen LogP contribution in [0.15, 0.2) is 24.3 Å². The van der Waals surface area contributed by atoms with Gasteiger partial charge in [-0.2, -0.15) is 0 Å². The van der Waals surface area contributed by atoms with Crippen LogP contribution in [-0.2, 0) is 4.79 Å². The highest BCUT2D eigenvalue weighted by atomic mass is 16.5. The van der Waals surface area contributed by atoms with Crippen molar-refractivity contribution >= 4 is 22.8 Å². The normalized spacial score (nSPS) is 10.8. The molecule has 0 fully saturated rings. The Bertz CT molecular complexity index is 762. The molecule has 0 saturated carbocycles. The lowest BCUT2D eigenvalue weighted by Gasteiger charge is -2.16. The summed E-state index contributed by atoms with van der Waals surface area (Å²) in [6, 6.07) is 5.48. The largest absolute Gasteiger partial charge is 0.493 e. The van der Waals surface area contributed by atoms with Crippen molar-refractivity contribution in [3.8, 4) is 23.0 Å². The van der Waals surface area contributed by atoms with E-state index in [1.54, 1.807) is 27.4 Å². The van der Waals surface area contributed by atoms with Crippen LogP contribution in [-0.4, -0.2) is 34.3 Å². The molecule has 0 radical (unpaired) electrons. The molecule has 0 saturated heterocycles. The van der Waals surface area contributed by atoms with Crippen LogP contribution >= 0.6 is 0 Å². The van der Waals surface area contributed by atoms with Crippen molar-refractivity contribution in [3.63, 3.8) is 0 Å². The molecule has 23 heavy (non-hydrogen) atoms. The molecule has 1 amide bonds. The second-order valence-corrected chi connectivity index (χ2v) is 4.69. The Morgan fingerprint density at radius 3 is 2.00 bits per heavy atom. The Hall–Kier alpha value is -2.89. The monoisotopic (exact) mass is 317 g/mol. The van der Waals surface area contributed by atoms with Gasteiger partial charge in [0.2, 0.25) is 5.91 Å². The zero-order valence-electron chi connectivity index (χ0n) is 13.5. The number of benzene rings is 2. The van der Waals surface area contributed by atoms with Crippen LogP contribution in [0.5, 0.6) is 23.0 Å². The number of nitrogens with two attached hydrogens (primary N) is 1. The Morgan fingerprint density at radius 1 is 0.913 bits per heavy atom. The summed E-state index contributed by atoms with van der Waals surface area (Å²) in [5.74, 6) is 1.66. The molecule has 0 aliphatic heterocycles. The molecule has 0 aliphatic carbocycles. The van der Waals surface area contributed by atoms with Crippen molar-refractivity contribution in [2.45, 2.75) is 0 Å². The highest BCUT2D eigenvalue weighted by Gasteiger charge is 2.16. The van der Waals surface area contributed by atoms with Gasteiger partial charge >= 0.3 is 0 Å². The molecule has 0 aliphatic rings. The van der Waals surface area contributed by atoms with Crippen LogP contribution < -0.4 is 24.7 Å². The number of hydrogen-bond donors (Lipinski definition) is 1. The molecule has 0 atom stereocenters. The van der Waals surface area contributed by atoms with Crippen LogP contribution in [0.25, 0.3) is 16.8 Å². The molecule has 2 aromatic rings. The van der Waals surface area contributed by atoms with Gasteiger partial charge in [0.05, 0.1) is 28.4 Å². The third-order valence-corrected chi connectivity index (χ3v) is 3.44. The van der Waals surface area contributed by atoms with Crippen molar-refractivity contribution in [2.75, 3.05) is 28.4 Å². The summed E-state index contributed by atoms with van der Waals surface area (Å²) in [6.07, 6.45) is 2.87. The summed E-state index contributed by atoms with van der Waals surface area (Å²) in [5, 5.41) is 1.67. The number of fused-ring (bicyclic) bond motifs is 1. The van der Waals surface area contributed by atoms with E-state index in [0.717, 1.165) is 10.8 Å². The maximum atomic E-state index is 11.1. The Labute approximate surface area is 134 Å². The summed E-state index contributed by atoms with van der Waals surface area (Å²) < 4.78 is 21.5. The lowest BCUT2D eigenvalue weighted by atomic mass is 10.0. The topological polar surface area (TPSA) is 80.0 Å². The summed E-state index contributed by atoms with van der Waals surface area (Å²) in [7, 11) is 6.21. The fourth-order valence-electron chi connectivity index (χ4n) is 2.40. The van der Waals surface area contributed by atoms with E-state index >= 15 is 0 Å². The van der Waals surface area contributed by atoms with Crippen molar-refractivity contribution in [3.05, 3.63) is 29.8 Å². The predicted molar refractivity (Wildman–Crippen MR) is 88.4 cm³/mol. The SMILES string of the molecule is COc1cc2cc(OC)c(OC)c(/C=C/C(N)=O)c2cc1OC. The number of carbonyl (C=O) groups excluding carboxylic acids is 1. The fraction of sp³-hybridized carbons (Fsp3) is 0.235. The second kappa shape index (κ2) is 6.91. The Kier molecular flexibility index (Phi) is 4.95. The number of hydrogen-bond acceptors (Lipinski definition) is 5. The molecular weight excluding hydrogens is 298 g/mol. The number of ether oxygens (including phenoxy) is 4. The van der Waals surface area contributed by atoms with E-state index in [-0.39, 0.29) is 0 Å². The van der Waals surface area contributed by atoms with Gasteiger partial charge in [0, 0.05) is 11.6 Å². The molecule has 0 unspecified atom stereocenters. The minimum Gasteiger partial charge on any atom is -0.493 e. The maximum Gasteiger partial charge on any atom is 0.241 e. The van der Waals surface area contributed by atoms with E-state index in [2.05, 4.69) is 0 Å². The van der Waals surface area contributed by atoms with Gasteiger partial charge < -0.3 is 24.7 Å². The first-order valence-corrected chi connectivity index (χ1v) is 6.84. The summed E-state index contributed by atoms with van der Waals surface area (Å²) in [5.41, 5.74) is 5.87. The van der Waals surface area contributed by atoms with Gasteiger partial charge in [0.15, 0.2) is 23.0 Å². The molecule has 0 heterocycles. The van der Waals surface area contributed by atoms with Crippen molar-refractivity contribution < 1.29 is 23.7 Å². The molecule has 6 nitrogen and oxygen atoms in total. The molecule has 2 aromatic carbocycles. The molecule has 0 bridgehead atoms. The van der Waals surface area contributed by atoms with Gasteiger partial charge in [0.1, 0.15) is 0 Å². The molecule has 6 heteroatoms. The Morgan fingerprint density at radius 2 is 1.48 bits per heavy atom. The zero-order chi connectivity index (χ0) is 17.0. The van der Waals surface area contributed by atoms with Crippen LogP contribution in [0.1, 0.15) is 5.56 Å². The van der Waals surface area contributed by atoms with E-state index in [0.29, 0.717) is 28.6 Å². The number of amides is 1. The first kappa shape index (κ1) is 16.5. The average molecular weight is 317 g/mol. The highest BCUT2D eigenvalue weighted by Crippen LogP contribution is 2.42. The van der Waals surface area contributed by atoms with Crippen molar-refractivity contribution in [1.29, 1.82) is 0 Å². The maximum absolute atomic E-state index is 11.1. The van der Waals surface area contributed by atoms with E-state index in [9.17, 15) is 4.79 Å². The Balaban J connectivity index is 2.86. The van der Waals surface area contributed by atoms with E-state index in [1.165, 1.54) is 13.2 Å². The summed E-state index contributed by atoms with van der Waals surface area (Å²) in [6.45, 7) is 0. The molecule has 2 N–H and O–H groups in total. The van der Waals surface area contributed by atoms with E-state index in [1.807, 2.05) is 18.2 Å². The third-order valence-electron chi connectivity index (χ3n) is 3.44. The quantitative estimate of drug-likeness (QED) is 0.827. The molecule has 0 spiro atoms. The summed E-state index contributed by atoms with van der Waals surface area (Å²) >= 11 is 0. The van der Waals surface area contributed by atoms with Gasteiger partial charge in [-0.1, -0.05) is 0 Å². The minimum atomic E-state index is -0.552. The fourth-order valence-corrected chi connectivity index (χ4v) is 2.40. The standard InChI is InChI=1S/C17H19NO5/c1-20-13-7-10-8-15(22-3)17(23-4)11(5-6-16(18)19)12(10)9-14(13)21-2/h5-9H,1-4H3,(H2,18,19)/b6-5+. The lowest BCUT2D eigenvalue weighted by molar-refractivity contribution is -0.113. The summed E-state index contributed by atoms with van der Waals surface area (Å²) in [4.78, 5) is 11.1. The zero-order valence-corrected chi connectivity index (χ0v) is 13.5. The smallest absolute Gasteiger partial charge is 0.241 e. The van der Waals surface area contributed by atoms with Crippen LogP contribution in [0.3, 0.4) is 0 Å². The van der Waals surface area contributed by atoms with Gasteiger partial charge in [-0.3, -0.25) is 4.79 Å². The third kappa shape index (κ3) is 3.15. The minimum absolute atomic E-state index is 0.504. The van der Waals surface area contributed by atoms with E-state index < -0.39 is 5.91 Å². The molecular formula is C17H19NO5. The number of methoxy groups -OCH3 is 4. The number of rotatable bonds is 6. The van der Waals surface area contributed by atoms with Crippen LogP contribution in [0.4, 0.5) is 0 Å². The van der Waals surface area contributed by atoms with Crippen LogP contribution in [0, 0.1) is 0 Å². The van der Waals surface area contributed by atoms with Crippen LogP contribution in [0.2, 0.25) is 0 Å². The van der Waals surface area contributed by atoms with Gasteiger partial charge in [-0.05, 0) is 35.0 Å². The number of primary amides is 1. The first-order chi connectivity index (χ1) is 11.0. The molecule has 0 aromatic heterocycles. The molecule has 2 rings (SSSR count). The number of carbonyl (C=O) groups is 1. The predicted octanol–water partition coefficient (Wildman–Crippen LogP) is 2.37. The highest BCUT2D eigenvalue weighted by molar-refractivity contribution is 6.00.